The molecule has 0 atom stereocenters. The highest BCUT2D eigenvalue weighted by molar-refractivity contribution is 5.89. The van der Waals surface area contributed by atoms with Crippen LogP contribution in [-0.2, 0) is 4.79 Å². The Balaban J connectivity index is 1.81. The van der Waals surface area contributed by atoms with Crippen molar-refractivity contribution in [2.45, 2.75) is 58.9 Å². The van der Waals surface area contributed by atoms with Gasteiger partial charge in [-0.3, -0.25) is 4.79 Å². The van der Waals surface area contributed by atoms with Gasteiger partial charge in [-0.25, -0.2) is 4.79 Å². The molecule has 1 aromatic rings. The topological polar surface area (TPSA) is 64.7 Å². The molecule has 0 saturated carbocycles. The molecule has 0 unspecified atom stereocenters. The van der Waals surface area contributed by atoms with Crippen molar-refractivity contribution in [3.05, 3.63) is 24.3 Å². The highest BCUT2D eigenvalue weighted by Crippen LogP contribution is 2.20. The molecule has 0 bridgehead atoms. The SMILES string of the molecule is CCCCCC(=O)N1CCN(c2ccc(NC(=O)NC(C)(C)C)cc2)CC1. The van der Waals surface area contributed by atoms with Crippen molar-refractivity contribution in [2.24, 2.45) is 0 Å². The zero-order chi connectivity index (χ0) is 19.9. The van der Waals surface area contributed by atoms with E-state index in [4.69, 9.17) is 0 Å². The number of piperazine rings is 1. The molecule has 1 heterocycles. The van der Waals surface area contributed by atoms with Gasteiger partial charge in [0.15, 0.2) is 0 Å². The van der Waals surface area contributed by atoms with Crippen LogP contribution in [0.2, 0.25) is 0 Å². The first-order valence-corrected chi connectivity index (χ1v) is 10.0. The second-order valence-corrected chi connectivity index (χ2v) is 8.20. The Morgan fingerprint density at radius 2 is 1.63 bits per heavy atom. The van der Waals surface area contributed by atoms with Crippen LogP contribution in [0.3, 0.4) is 0 Å². The van der Waals surface area contributed by atoms with Gasteiger partial charge in [-0.05, 0) is 51.5 Å². The molecule has 1 fully saturated rings. The summed E-state index contributed by atoms with van der Waals surface area (Å²) in [5.41, 5.74) is 1.62. The minimum atomic E-state index is -0.266. The lowest BCUT2D eigenvalue weighted by Crippen LogP contribution is -2.48. The van der Waals surface area contributed by atoms with Gasteiger partial charge in [-0.1, -0.05) is 19.8 Å². The predicted octanol–water partition coefficient (Wildman–Crippen LogP) is 3.84. The quantitative estimate of drug-likeness (QED) is 0.744. The smallest absolute Gasteiger partial charge is 0.319 e. The second kappa shape index (κ2) is 9.62. The monoisotopic (exact) mass is 374 g/mol. The lowest BCUT2D eigenvalue weighted by molar-refractivity contribution is -0.131. The highest BCUT2D eigenvalue weighted by Gasteiger charge is 2.21. The third-order valence-electron chi connectivity index (χ3n) is 4.61. The fourth-order valence-electron chi connectivity index (χ4n) is 3.16. The van der Waals surface area contributed by atoms with Gasteiger partial charge in [-0.15, -0.1) is 0 Å². The summed E-state index contributed by atoms with van der Waals surface area (Å²) in [5, 5.41) is 5.73. The molecule has 2 N–H and O–H groups in total. The van der Waals surface area contributed by atoms with Crippen molar-refractivity contribution in [2.75, 3.05) is 36.4 Å². The number of carbonyl (C=O) groups excluding carboxylic acids is 2. The number of benzene rings is 1. The minimum absolute atomic E-state index is 0.203. The number of nitrogens with one attached hydrogen (secondary N) is 2. The van der Waals surface area contributed by atoms with E-state index in [0.717, 1.165) is 56.8 Å². The Labute approximate surface area is 163 Å². The van der Waals surface area contributed by atoms with E-state index in [1.807, 2.05) is 49.9 Å². The van der Waals surface area contributed by atoms with Crippen LogP contribution in [0.4, 0.5) is 16.2 Å². The maximum Gasteiger partial charge on any atom is 0.319 e. The summed E-state index contributed by atoms with van der Waals surface area (Å²) < 4.78 is 0. The van der Waals surface area contributed by atoms with Crippen LogP contribution in [0.1, 0.15) is 53.4 Å². The normalized spacial score (nSPS) is 14.8. The van der Waals surface area contributed by atoms with Crippen LogP contribution in [0.25, 0.3) is 0 Å². The van der Waals surface area contributed by atoms with E-state index in [1.54, 1.807) is 0 Å². The molecule has 2 rings (SSSR count). The van der Waals surface area contributed by atoms with E-state index < -0.39 is 0 Å². The summed E-state index contributed by atoms with van der Waals surface area (Å²) in [7, 11) is 0. The fraction of sp³-hybridized carbons (Fsp3) is 0.619. The molecular formula is C21H34N4O2. The standard InChI is InChI=1S/C21H34N4O2/c1-5-6-7-8-19(26)25-15-13-24(14-16-25)18-11-9-17(10-12-18)22-20(27)23-21(2,3)4/h9-12H,5-8,13-16H2,1-4H3,(H2,22,23,27). The molecule has 6 nitrogen and oxygen atoms in total. The highest BCUT2D eigenvalue weighted by atomic mass is 16.2. The molecule has 1 aliphatic rings. The molecule has 6 heteroatoms. The number of rotatable bonds is 6. The Bertz CT molecular complexity index is 614. The summed E-state index contributed by atoms with van der Waals surface area (Å²) >= 11 is 0. The van der Waals surface area contributed by atoms with Crippen LogP contribution in [0.15, 0.2) is 24.3 Å². The van der Waals surface area contributed by atoms with Crippen molar-refractivity contribution < 1.29 is 9.59 Å². The largest absolute Gasteiger partial charge is 0.368 e. The molecule has 1 aromatic carbocycles. The van der Waals surface area contributed by atoms with Gasteiger partial charge in [-0.2, -0.15) is 0 Å². The summed E-state index contributed by atoms with van der Waals surface area (Å²) in [4.78, 5) is 28.4. The lowest BCUT2D eigenvalue weighted by Gasteiger charge is -2.36. The zero-order valence-corrected chi connectivity index (χ0v) is 17.2. The van der Waals surface area contributed by atoms with Crippen LogP contribution >= 0.6 is 0 Å². The van der Waals surface area contributed by atoms with Gasteiger partial charge in [0.2, 0.25) is 5.91 Å². The van der Waals surface area contributed by atoms with Crippen molar-refractivity contribution >= 4 is 23.3 Å². The first-order chi connectivity index (χ1) is 12.8. The number of carbonyl (C=O) groups is 2. The van der Waals surface area contributed by atoms with Gasteiger partial charge in [0.25, 0.3) is 0 Å². The van der Waals surface area contributed by atoms with Gasteiger partial charge in [0.1, 0.15) is 0 Å². The Hall–Kier alpha value is -2.24. The van der Waals surface area contributed by atoms with Crippen molar-refractivity contribution in [3.8, 4) is 0 Å². The van der Waals surface area contributed by atoms with E-state index in [2.05, 4.69) is 22.5 Å². The number of amides is 3. The van der Waals surface area contributed by atoms with Gasteiger partial charge >= 0.3 is 6.03 Å². The molecule has 0 radical (unpaired) electrons. The van der Waals surface area contributed by atoms with Crippen LogP contribution in [0, 0.1) is 0 Å². The van der Waals surface area contributed by atoms with Crippen LogP contribution in [0.5, 0.6) is 0 Å². The number of unbranched alkanes of at least 4 members (excludes halogenated alkanes) is 2. The summed E-state index contributed by atoms with van der Waals surface area (Å²) in [6, 6.07) is 7.67. The molecule has 3 amide bonds. The predicted molar refractivity (Wildman–Crippen MR) is 111 cm³/mol. The van der Waals surface area contributed by atoms with Crippen molar-refractivity contribution in [1.82, 2.24) is 10.2 Å². The first-order valence-electron chi connectivity index (χ1n) is 10.0. The number of anilines is 2. The van der Waals surface area contributed by atoms with E-state index in [0.29, 0.717) is 6.42 Å². The Morgan fingerprint density at radius 3 is 2.19 bits per heavy atom. The maximum absolute atomic E-state index is 12.2. The molecule has 0 spiro atoms. The number of urea groups is 1. The van der Waals surface area contributed by atoms with Crippen LogP contribution in [-0.4, -0.2) is 48.6 Å². The average molecular weight is 375 g/mol. The molecule has 1 saturated heterocycles. The van der Waals surface area contributed by atoms with Gasteiger partial charge in [0.05, 0.1) is 0 Å². The fourth-order valence-corrected chi connectivity index (χ4v) is 3.16. The second-order valence-electron chi connectivity index (χ2n) is 8.20. The first kappa shape index (κ1) is 21.1. The Morgan fingerprint density at radius 1 is 1.00 bits per heavy atom. The lowest BCUT2D eigenvalue weighted by atomic mass is 10.1. The molecule has 1 aliphatic heterocycles. The molecule has 0 aromatic heterocycles. The maximum atomic E-state index is 12.2. The van der Waals surface area contributed by atoms with Crippen molar-refractivity contribution in [1.29, 1.82) is 0 Å². The molecule has 0 aliphatic carbocycles. The molecular weight excluding hydrogens is 340 g/mol. The van der Waals surface area contributed by atoms with E-state index >= 15 is 0 Å². The molecule has 27 heavy (non-hydrogen) atoms. The number of hydrogen-bond donors (Lipinski definition) is 2. The minimum Gasteiger partial charge on any atom is -0.368 e. The van der Waals surface area contributed by atoms with E-state index in [9.17, 15) is 9.59 Å². The van der Waals surface area contributed by atoms with Gasteiger partial charge < -0.3 is 20.4 Å². The summed E-state index contributed by atoms with van der Waals surface area (Å²) in [6.45, 7) is 11.2. The third kappa shape index (κ3) is 7.12. The third-order valence-corrected chi connectivity index (χ3v) is 4.61. The molecule has 150 valence electrons. The van der Waals surface area contributed by atoms with E-state index in [1.165, 1.54) is 0 Å². The zero-order valence-electron chi connectivity index (χ0n) is 17.2. The average Bonchev–Trinajstić information content (AvgIpc) is 2.61. The summed E-state index contributed by atoms with van der Waals surface area (Å²) in [5.74, 6) is 0.285. The summed E-state index contributed by atoms with van der Waals surface area (Å²) in [6.07, 6.45) is 3.93. The number of hydrogen-bond acceptors (Lipinski definition) is 3. The van der Waals surface area contributed by atoms with Crippen molar-refractivity contribution in [3.63, 3.8) is 0 Å². The van der Waals surface area contributed by atoms with Crippen LogP contribution < -0.4 is 15.5 Å². The van der Waals surface area contributed by atoms with E-state index in [-0.39, 0.29) is 17.5 Å². The Kier molecular flexibility index (Phi) is 7.51. The van der Waals surface area contributed by atoms with Gasteiger partial charge in [0, 0.05) is 49.5 Å². The number of nitrogens with zero attached hydrogens (tertiary/aromatic N) is 2.